The van der Waals surface area contributed by atoms with Crippen molar-refractivity contribution in [2.45, 2.75) is 41.9 Å². The number of carbonyl (C=O) groups excluding carboxylic acids is 2. The zero-order valence-electron chi connectivity index (χ0n) is 17.5. The SMILES string of the molecule is CNC(=O)C(=O)c1c(-c2cccc(C3CCC(Cl)CC3)c2S(N)(=O)=O)[nH]c2ccccc12. The van der Waals surface area contributed by atoms with Crippen molar-refractivity contribution in [3.63, 3.8) is 0 Å². The first-order valence-electron chi connectivity index (χ1n) is 10.4. The fourth-order valence-electron chi connectivity index (χ4n) is 4.56. The molecule has 4 N–H and O–H groups in total. The summed E-state index contributed by atoms with van der Waals surface area (Å²) >= 11 is 6.25. The van der Waals surface area contributed by atoms with Crippen LogP contribution in [0.25, 0.3) is 22.2 Å². The van der Waals surface area contributed by atoms with E-state index in [9.17, 15) is 18.0 Å². The summed E-state index contributed by atoms with van der Waals surface area (Å²) in [6.07, 6.45) is 3.06. The molecule has 1 aromatic heterocycles. The van der Waals surface area contributed by atoms with Gasteiger partial charge in [0, 0.05) is 28.9 Å². The molecule has 4 rings (SSSR count). The summed E-state index contributed by atoms with van der Waals surface area (Å²) in [7, 11) is -2.77. The third-order valence-corrected chi connectivity index (χ3v) is 7.52. The molecule has 0 radical (unpaired) electrons. The van der Waals surface area contributed by atoms with E-state index >= 15 is 0 Å². The van der Waals surface area contributed by atoms with Crippen LogP contribution in [-0.2, 0) is 14.8 Å². The van der Waals surface area contributed by atoms with E-state index in [-0.39, 0.29) is 33.0 Å². The number of hydrogen-bond donors (Lipinski definition) is 3. The van der Waals surface area contributed by atoms with Gasteiger partial charge < -0.3 is 10.3 Å². The molecule has 0 saturated heterocycles. The fraction of sp³-hybridized carbons (Fsp3) is 0.304. The Bertz CT molecular complexity index is 1310. The number of primary sulfonamides is 1. The Morgan fingerprint density at radius 1 is 1.06 bits per heavy atom. The van der Waals surface area contributed by atoms with E-state index in [4.69, 9.17) is 16.7 Å². The van der Waals surface area contributed by atoms with Crippen molar-refractivity contribution >= 4 is 44.2 Å². The number of rotatable bonds is 5. The maximum atomic E-state index is 13.0. The van der Waals surface area contributed by atoms with Crippen LogP contribution in [0.4, 0.5) is 0 Å². The highest BCUT2D eigenvalue weighted by atomic mass is 35.5. The average molecular weight is 474 g/mol. The minimum atomic E-state index is -4.15. The first-order valence-corrected chi connectivity index (χ1v) is 12.4. The number of aromatic amines is 1. The number of halogens is 1. The van der Waals surface area contributed by atoms with Crippen molar-refractivity contribution in [1.82, 2.24) is 10.3 Å². The lowest BCUT2D eigenvalue weighted by Crippen LogP contribution is -2.28. The quantitative estimate of drug-likeness (QED) is 0.297. The van der Waals surface area contributed by atoms with E-state index in [0.717, 1.165) is 25.7 Å². The fourth-order valence-corrected chi connectivity index (χ4v) is 5.85. The Morgan fingerprint density at radius 2 is 1.75 bits per heavy atom. The van der Waals surface area contributed by atoms with Crippen LogP contribution in [0.2, 0.25) is 0 Å². The molecule has 7 nitrogen and oxygen atoms in total. The molecule has 1 saturated carbocycles. The predicted molar refractivity (Wildman–Crippen MR) is 124 cm³/mol. The number of sulfonamides is 1. The van der Waals surface area contributed by atoms with Crippen molar-refractivity contribution in [3.8, 4) is 11.3 Å². The van der Waals surface area contributed by atoms with Crippen LogP contribution in [-0.4, -0.2) is 37.5 Å². The topological polar surface area (TPSA) is 122 Å². The third-order valence-electron chi connectivity index (χ3n) is 6.06. The van der Waals surface area contributed by atoms with Crippen LogP contribution in [0.5, 0.6) is 0 Å². The zero-order valence-corrected chi connectivity index (χ0v) is 19.1. The highest BCUT2D eigenvalue weighted by Gasteiger charge is 2.31. The number of benzene rings is 2. The normalized spacial score (nSPS) is 19.1. The Hall–Kier alpha value is -2.68. The lowest BCUT2D eigenvalue weighted by Gasteiger charge is -2.27. The molecule has 9 heteroatoms. The van der Waals surface area contributed by atoms with Crippen molar-refractivity contribution in [1.29, 1.82) is 0 Å². The lowest BCUT2D eigenvalue weighted by atomic mass is 9.83. The summed E-state index contributed by atoms with van der Waals surface area (Å²) in [6, 6.07) is 12.2. The molecule has 168 valence electrons. The van der Waals surface area contributed by atoms with Crippen LogP contribution in [0.3, 0.4) is 0 Å². The number of nitrogens with two attached hydrogens (primary N) is 1. The highest BCUT2D eigenvalue weighted by Crippen LogP contribution is 2.42. The maximum Gasteiger partial charge on any atom is 0.292 e. The number of amides is 1. The van der Waals surface area contributed by atoms with E-state index in [1.807, 2.05) is 0 Å². The van der Waals surface area contributed by atoms with Crippen LogP contribution in [0.1, 0.15) is 47.5 Å². The molecule has 1 amide bonds. The van der Waals surface area contributed by atoms with Gasteiger partial charge in [0.2, 0.25) is 10.0 Å². The van der Waals surface area contributed by atoms with E-state index in [1.54, 1.807) is 42.5 Å². The van der Waals surface area contributed by atoms with Gasteiger partial charge in [-0.2, -0.15) is 0 Å². The molecule has 1 fully saturated rings. The van der Waals surface area contributed by atoms with Gasteiger partial charge in [0.15, 0.2) is 0 Å². The highest BCUT2D eigenvalue weighted by molar-refractivity contribution is 7.89. The number of para-hydroxylation sites is 1. The van der Waals surface area contributed by atoms with Gasteiger partial charge in [-0.1, -0.05) is 36.4 Å². The second-order valence-electron chi connectivity index (χ2n) is 8.05. The van der Waals surface area contributed by atoms with Gasteiger partial charge in [0.1, 0.15) is 0 Å². The second kappa shape index (κ2) is 8.69. The molecular weight excluding hydrogens is 450 g/mol. The summed E-state index contributed by atoms with van der Waals surface area (Å²) in [5.41, 5.74) is 1.89. The monoisotopic (exact) mass is 473 g/mol. The summed E-state index contributed by atoms with van der Waals surface area (Å²) in [5.74, 6) is -1.56. The van der Waals surface area contributed by atoms with Crippen LogP contribution < -0.4 is 10.5 Å². The number of nitrogens with one attached hydrogen (secondary N) is 2. The molecular formula is C23H24ClN3O4S. The van der Waals surface area contributed by atoms with Gasteiger partial charge >= 0.3 is 0 Å². The zero-order chi connectivity index (χ0) is 23.0. The molecule has 0 atom stereocenters. The third kappa shape index (κ3) is 4.05. The molecule has 1 aliphatic carbocycles. The van der Waals surface area contributed by atoms with Gasteiger partial charge in [-0.05, 0) is 43.2 Å². The minimum Gasteiger partial charge on any atom is -0.354 e. The molecule has 0 unspecified atom stereocenters. The van der Waals surface area contributed by atoms with E-state index in [1.165, 1.54) is 7.05 Å². The molecule has 0 bridgehead atoms. The summed E-state index contributed by atoms with van der Waals surface area (Å²) in [4.78, 5) is 28.4. The first kappa shape index (κ1) is 22.5. The van der Waals surface area contributed by atoms with Crippen molar-refractivity contribution in [2.75, 3.05) is 7.05 Å². The van der Waals surface area contributed by atoms with Crippen LogP contribution in [0, 0.1) is 0 Å². The Morgan fingerprint density at radius 3 is 2.41 bits per heavy atom. The summed E-state index contributed by atoms with van der Waals surface area (Å²) in [5, 5.41) is 8.67. The lowest BCUT2D eigenvalue weighted by molar-refractivity contribution is -0.116. The minimum absolute atomic E-state index is 0.0132. The molecule has 0 spiro atoms. The van der Waals surface area contributed by atoms with E-state index in [2.05, 4.69) is 10.3 Å². The molecule has 0 aliphatic heterocycles. The number of Topliss-reactive ketones (excluding diaryl/α,β-unsaturated/α-hetero) is 1. The second-order valence-corrected chi connectivity index (χ2v) is 10.2. The molecule has 2 aromatic carbocycles. The summed E-state index contributed by atoms with van der Waals surface area (Å²) < 4.78 is 25.6. The molecule has 32 heavy (non-hydrogen) atoms. The Kier molecular flexibility index (Phi) is 6.11. The average Bonchev–Trinajstić information content (AvgIpc) is 3.17. The number of ketones is 1. The maximum absolute atomic E-state index is 13.0. The predicted octanol–water partition coefficient (Wildman–Crippen LogP) is 3.68. The number of likely N-dealkylation sites (N-methyl/N-ethyl adjacent to an activating group) is 1. The van der Waals surface area contributed by atoms with Crippen molar-refractivity contribution in [3.05, 3.63) is 53.6 Å². The largest absolute Gasteiger partial charge is 0.354 e. The number of carbonyl (C=O) groups is 2. The van der Waals surface area contributed by atoms with Gasteiger partial charge in [-0.3, -0.25) is 9.59 Å². The van der Waals surface area contributed by atoms with Crippen LogP contribution >= 0.6 is 11.6 Å². The van der Waals surface area contributed by atoms with Gasteiger partial charge in [0.25, 0.3) is 11.7 Å². The standard InChI is InChI=1S/C23H24ClN3O4S/c1-26-23(29)21(28)19-16-5-2-3-8-18(16)27-20(19)17-7-4-6-15(22(17)32(25,30)31)13-9-11-14(24)12-10-13/h2-8,13-14,27H,9-12H2,1H3,(H,26,29)(H2,25,30,31). The van der Waals surface area contributed by atoms with Gasteiger partial charge in [-0.15, -0.1) is 11.6 Å². The summed E-state index contributed by atoms with van der Waals surface area (Å²) in [6.45, 7) is 0. The number of fused-ring (bicyclic) bond motifs is 1. The molecule has 3 aromatic rings. The smallest absolute Gasteiger partial charge is 0.292 e. The molecule has 1 heterocycles. The van der Waals surface area contributed by atoms with E-state index in [0.29, 0.717) is 16.5 Å². The first-order chi connectivity index (χ1) is 15.2. The van der Waals surface area contributed by atoms with Gasteiger partial charge in [0.05, 0.1) is 16.2 Å². The van der Waals surface area contributed by atoms with Crippen LogP contribution in [0.15, 0.2) is 47.4 Å². The molecule has 1 aliphatic rings. The Labute approximate surface area is 191 Å². The Balaban J connectivity index is 1.99. The van der Waals surface area contributed by atoms with Crippen molar-refractivity contribution < 1.29 is 18.0 Å². The number of alkyl halides is 1. The number of H-pyrrole nitrogens is 1. The number of aromatic nitrogens is 1. The van der Waals surface area contributed by atoms with Gasteiger partial charge in [-0.25, -0.2) is 13.6 Å². The number of hydrogen-bond acceptors (Lipinski definition) is 4. The van der Waals surface area contributed by atoms with E-state index < -0.39 is 21.7 Å². The van der Waals surface area contributed by atoms with Crippen molar-refractivity contribution in [2.24, 2.45) is 5.14 Å².